The summed E-state index contributed by atoms with van der Waals surface area (Å²) in [5.41, 5.74) is 5.90. The Morgan fingerprint density at radius 2 is 2.24 bits per heavy atom. The summed E-state index contributed by atoms with van der Waals surface area (Å²) in [4.78, 5) is 1.36. The zero-order valence-corrected chi connectivity index (χ0v) is 12.6. The highest BCUT2D eigenvalue weighted by Crippen LogP contribution is 2.39. The van der Waals surface area contributed by atoms with Gasteiger partial charge in [-0.2, -0.15) is 0 Å². The highest BCUT2D eigenvalue weighted by Gasteiger charge is 2.28. The van der Waals surface area contributed by atoms with E-state index in [4.69, 9.17) is 5.73 Å². The predicted octanol–water partition coefficient (Wildman–Crippen LogP) is 4.30. The van der Waals surface area contributed by atoms with Crippen molar-refractivity contribution in [2.24, 2.45) is 17.6 Å². The summed E-state index contributed by atoms with van der Waals surface area (Å²) in [6.07, 6.45) is 3.94. The summed E-state index contributed by atoms with van der Waals surface area (Å²) in [6.45, 7) is 3.19. The third-order valence-corrected chi connectivity index (χ3v) is 5.48. The molecule has 0 aliphatic heterocycles. The zero-order chi connectivity index (χ0) is 12.3. The molecular formula is C14H20BrNS. The van der Waals surface area contributed by atoms with Crippen LogP contribution < -0.4 is 5.73 Å². The monoisotopic (exact) mass is 313 g/mol. The Morgan fingerprint density at radius 3 is 2.94 bits per heavy atom. The van der Waals surface area contributed by atoms with Crippen LogP contribution in [0.4, 0.5) is 0 Å². The minimum Gasteiger partial charge on any atom is -0.330 e. The highest BCUT2D eigenvalue weighted by atomic mass is 79.9. The third kappa shape index (κ3) is 3.73. The normalized spacial score (nSPS) is 29.2. The number of hydrogen-bond donors (Lipinski definition) is 1. The van der Waals surface area contributed by atoms with Gasteiger partial charge in [-0.15, -0.1) is 11.8 Å². The number of rotatable bonds is 3. The van der Waals surface area contributed by atoms with Crippen molar-refractivity contribution in [3.05, 3.63) is 28.7 Å². The van der Waals surface area contributed by atoms with Gasteiger partial charge < -0.3 is 5.73 Å². The Kier molecular flexibility index (Phi) is 4.95. The molecule has 0 amide bonds. The first-order valence-electron chi connectivity index (χ1n) is 6.31. The Balaban J connectivity index is 2.04. The second-order valence-electron chi connectivity index (χ2n) is 5.03. The van der Waals surface area contributed by atoms with Gasteiger partial charge in [-0.1, -0.05) is 35.3 Å². The molecule has 2 N–H and O–H groups in total. The first-order valence-corrected chi connectivity index (χ1v) is 7.98. The Morgan fingerprint density at radius 1 is 1.41 bits per heavy atom. The first kappa shape index (κ1) is 13.4. The van der Waals surface area contributed by atoms with Gasteiger partial charge in [-0.05, 0) is 49.4 Å². The summed E-state index contributed by atoms with van der Waals surface area (Å²) < 4.78 is 1.16. The Labute approximate surface area is 117 Å². The molecule has 0 saturated heterocycles. The standard InChI is InChI=1S/C14H20BrNS/c1-10-5-6-11(9-16)14(7-10)17-13-4-2-3-12(15)8-13/h2-4,8,10-11,14H,5-7,9,16H2,1H3. The highest BCUT2D eigenvalue weighted by molar-refractivity contribution is 9.10. The fourth-order valence-corrected chi connectivity index (χ4v) is 4.64. The van der Waals surface area contributed by atoms with E-state index in [1.54, 1.807) is 0 Å². The van der Waals surface area contributed by atoms with Crippen LogP contribution in [0.15, 0.2) is 33.6 Å². The molecule has 1 aromatic rings. The second kappa shape index (κ2) is 6.26. The number of nitrogens with two attached hydrogens (primary N) is 1. The number of halogens is 1. The summed E-state index contributed by atoms with van der Waals surface area (Å²) in [7, 11) is 0. The SMILES string of the molecule is CC1CCC(CN)C(Sc2cccc(Br)c2)C1. The van der Waals surface area contributed by atoms with Crippen molar-refractivity contribution in [2.45, 2.75) is 36.3 Å². The van der Waals surface area contributed by atoms with E-state index in [9.17, 15) is 0 Å². The molecule has 1 saturated carbocycles. The Bertz CT molecular complexity index is 369. The lowest BCUT2D eigenvalue weighted by Crippen LogP contribution is -2.31. The molecule has 0 radical (unpaired) electrons. The summed E-state index contributed by atoms with van der Waals surface area (Å²) in [5.74, 6) is 1.54. The fraction of sp³-hybridized carbons (Fsp3) is 0.571. The van der Waals surface area contributed by atoms with Crippen LogP contribution in [0.1, 0.15) is 26.2 Å². The molecule has 0 heterocycles. The van der Waals surface area contributed by atoms with E-state index in [2.05, 4.69) is 47.1 Å². The largest absolute Gasteiger partial charge is 0.330 e. The van der Waals surface area contributed by atoms with E-state index < -0.39 is 0 Å². The van der Waals surface area contributed by atoms with Gasteiger partial charge >= 0.3 is 0 Å². The molecule has 1 nitrogen and oxygen atoms in total. The van der Waals surface area contributed by atoms with Crippen LogP contribution in [0, 0.1) is 11.8 Å². The molecule has 1 aliphatic carbocycles. The summed E-state index contributed by atoms with van der Waals surface area (Å²) in [5, 5.41) is 0.693. The maximum atomic E-state index is 5.90. The van der Waals surface area contributed by atoms with Gasteiger partial charge in [-0.3, -0.25) is 0 Å². The van der Waals surface area contributed by atoms with Gasteiger partial charge in [0.15, 0.2) is 0 Å². The molecule has 3 unspecified atom stereocenters. The van der Waals surface area contributed by atoms with Crippen LogP contribution in [-0.2, 0) is 0 Å². The topological polar surface area (TPSA) is 26.0 Å². The molecule has 3 atom stereocenters. The van der Waals surface area contributed by atoms with Gasteiger partial charge in [0, 0.05) is 14.6 Å². The molecule has 2 rings (SSSR count). The molecule has 1 aromatic carbocycles. The predicted molar refractivity (Wildman–Crippen MR) is 79.3 cm³/mol. The van der Waals surface area contributed by atoms with Gasteiger partial charge in [0.2, 0.25) is 0 Å². The maximum absolute atomic E-state index is 5.90. The van der Waals surface area contributed by atoms with Gasteiger partial charge in [0.1, 0.15) is 0 Å². The van der Waals surface area contributed by atoms with E-state index in [0.29, 0.717) is 11.2 Å². The van der Waals surface area contributed by atoms with Crippen molar-refractivity contribution in [3.63, 3.8) is 0 Å². The molecule has 1 fully saturated rings. The van der Waals surface area contributed by atoms with Crippen molar-refractivity contribution < 1.29 is 0 Å². The first-order chi connectivity index (χ1) is 8.19. The van der Waals surface area contributed by atoms with E-state index in [1.165, 1.54) is 24.2 Å². The zero-order valence-electron chi connectivity index (χ0n) is 10.2. The van der Waals surface area contributed by atoms with Crippen LogP contribution in [-0.4, -0.2) is 11.8 Å². The second-order valence-corrected chi connectivity index (χ2v) is 7.26. The minimum atomic E-state index is 0.690. The minimum absolute atomic E-state index is 0.690. The Hall–Kier alpha value is 0.01000. The molecule has 0 aromatic heterocycles. The van der Waals surface area contributed by atoms with E-state index in [-0.39, 0.29) is 0 Å². The van der Waals surface area contributed by atoms with Gasteiger partial charge in [-0.25, -0.2) is 0 Å². The van der Waals surface area contributed by atoms with E-state index in [1.807, 2.05) is 11.8 Å². The van der Waals surface area contributed by atoms with Crippen LogP contribution in [0.25, 0.3) is 0 Å². The molecule has 0 bridgehead atoms. The van der Waals surface area contributed by atoms with Crippen LogP contribution in [0.2, 0.25) is 0 Å². The summed E-state index contributed by atoms with van der Waals surface area (Å²) in [6, 6.07) is 8.59. The molecule has 0 spiro atoms. The van der Waals surface area contributed by atoms with Crippen LogP contribution in [0.3, 0.4) is 0 Å². The fourth-order valence-electron chi connectivity index (χ4n) is 2.52. The van der Waals surface area contributed by atoms with Crippen molar-refractivity contribution >= 4 is 27.7 Å². The molecule has 94 valence electrons. The maximum Gasteiger partial charge on any atom is 0.0186 e. The van der Waals surface area contributed by atoms with Crippen molar-refractivity contribution in [1.29, 1.82) is 0 Å². The molecule has 3 heteroatoms. The smallest absolute Gasteiger partial charge is 0.0186 e. The average Bonchev–Trinajstić information content (AvgIpc) is 2.29. The molecule has 1 aliphatic rings. The average molecular weight is 314 g/mol. The van der Waals surface area contributed by atoms with Gasteiger partial charge in [0.25, 0.3) is 0 Å². The lowest BCUT2D eigenvalue weighted by Gasteiger charge is -2.33. The summed E-state index contributed by atoms with van der Waals surface area (Å²) >= 11 is 5.54. The quantitative estimate of drug-likeness (QED) is 0.900. The molecular weight excluding hydrogens is 294 g/mol. The van der Waals surface area contributed by atoms with Crippen LogP contribution in [0.5, 0.6) is 0 Å². The van der Waals surface area contributed by atoms with E-state index in [0.717, 1.165) is 16.9 Å². The van der Waals surface area contributed by atoms with Crippen molar-refractivity contribution in [2.75, 3.05) is 6.54 Å². The lowest BCUT2D eigenvalue weighted by atomic mass is 9.82. The van der Waals surface area contributed by atoms with E-state index >= 15 is 0 Å². The van der Waals surface area contributed by atoms with Crippen molar-refractivity contribution in [3.8, 4) is 0 Å². The van der Waals surface area contributed by atoms with Crippen LogP contribution >= 0.6 is 27.7 Å². The number of benzene rings is 1. The lowest BCUT2D eigenvalue weighted by molar-refractivity contribution is 0.306. The molecule has 17 heavy (non-hydrogen) atoms. The number of thioether (sulfide) groups is 1. The van der Waals surface area contributed by atoms with Crippen molar-refractivity contribution in [1.82, 2.24) is 0 Å². The van der Waals surface area contributed by atoms with Gasteiger partial charge in [0.05, 0.1) is 0 Å². The number of hydrogen-bond acceptors (Lipinski definition) is 2. The third-order valence-electron chi connectivity index (χ3n) is 3.58.